The van der Waals surface area contributed by atoms with E-state index in [2.05, 4.69) is 5.32 Å². The van der Waals surface area contributed by atoms with Crippen LogP contribution < -0.4 is 5.32 Å². The van der Waals surface area contributed by atoms with Crippen molar-refractivity contribution in [3.8, 4) is 0 Å². The summed E-state index contributed by atoms with van der Waals surface area (Å²) in [4.78, 5) is 21.9. The predicted octanol–water partition coefficient (Wildman–Crippen LogP) is 1.53. The highest BCUT2D eigenvalue weighted by Gasteiger charge is 2.18. The van der Waals surface area contributed by atoms with Crippen LogP contribution in [0.4, 0.5) is 0 Å². The van der Waals surface area contributed by atoms with Crippen molar-refractivity contribution in [3.63, 3.8) is 0 Å². The van der Waals surface area contributed by atoms with Gasteiger partial charge in [-0.1, -0.05) is 13.8 Å². The molecule has 1 unspecified atom stereocenters. The minimum absolute atomic E-state index is 0.0324. The lowest BCUT2D eigenvalue weighted by Crippen LogP contribution is -2.40. The van der Waals surface area contributed by atoms with E-state index in [0.717, 1.165) is 6.29 Å². The van der Waals surface area contributed by atoms with E-state index < -0.39 is 5.60 Å². The van der Waals surface area contributed by atoms with Crippen molar-refractivity contribution in [1.82, 2.24) is 5.32 Å². The van der Waals surface area contributed by atoms with Crippen LogP contribution in [0.1, 0.15) is 41.0 Å². The molecule has 0 aliphatic rings. The van der Waals surface area contributed by atoms with E-state index in [4.69, 9.17) is 4.74 Å². The Labute approximate surface area is 97.7 Å². The van der Waals surface area contributed by atoms with Crippen LogP contribution in [0.5, 0.6) is 0 Å². The van der Waals surface area contributed by atoms with Gasteiger partial charge in [-0.05, 0) is 26.7 Å². The lowest BCUT2D eigenvalue weighted by molar-refractivity contribution is -0.153. The summed E-state index contributed by atoms with van der Waals surface area (Å²) in [5, 5.41) is 3.04. The maximum absolute atomic E-state index is 11.4. The number of hydrogen-bond donors (Lipinski definition) is 1. The first-order chi connectivity index (χ1) is 7.26. The molecule has 0 aromatic heterocycles. The third-order valence-electron chi connectivity index (χ3n) is 2.08. The topological polar surface area (TPSA) is 55.4 Å². The first kappa shape index (κ1) is 15.1. The summed E-state index contributed by atoms with van der Waals surface area (Å²) in [7, 11) is 0. The highest BCUT2D eigenvalue weighted by atomic mass is 16.6. The summed E-state index contributed by atoms with van der Waals surface area (Å²) in [6, 6.07) is 0.0324. The van der Waals surface area contributed by atoms with Gasteiger partial charge in [-0.25, -0.2) is 0 Å². The second-order valence-electron chi connectivity index (χ2n) is 5.22. The highest BCUT2D eigenvalue weighted by molar-refractivity contribution is 5.72. The van der Waals surface area contributed by atoms with Gasteiger partial charge in [-0.2, -0.15) is 0 Å². The molecule has 0 aliphatic heterocycles. The average Bonchev–Trinajstić information content (AvgIpc) is 2.08. The molecular weight excluding hydrogens is 206 g/mol. The number of hydrogen-bond acceptors (Lipinski definition) is 4. The first-order valence-electron chi connectivity index (χ1n) is 5.65. The van der Waals surface area contributed by atoms with Gasteiger partial charge in [0.2, 0.25) is 0 Å². The fraction of sp³-hybridized carbons (Fsp3) is 0.833. The Kier molecular flexibility index (Phi) is 6.26. The molecule has 0 bridgehead atoms. The zero-order chi connectivity index (χ0) is 12.8. The molecule has 0 saturated carbocycles. The van der Waals surface area contributed by atoms with Crippen LogP contribution in [0, 0.1) is 5.92 Å². The number of ether oxygens (including phenoxy) is 1. The third kappa shape index (κ3) is 7.40. The van der Waals surface area contributed by atoms with Crippen molar-refractivity contribution in [1.29, 1.82) is 0 Å². The number of esters is 1. The van der Waals surface area contributed by atoms with Gasteiger partial charge in [-0.15, -0.1) is 0 Å². The van der Waals surface area contributed by atoms with Crippen molar-refractivity contribution in [3.05, 3.63) is 0 Å². The maximum Gasteiger partial charge on any atom is 0.320 e. The monoisotopic (exact) mass is 229 g/mol. The van der Waals surface area contributed by atoms with Gasteiger partial charge < -0.3 is 14.8 Å². The Bertz CT molecular complexity index is 231. The summed E-state index contributed by atoms with van der Waals surface area (Å²) in [6.07, 6.45) is 1.28. The van der Waals surface area contributed by atoms with Crippen LogP contribution in [0.25, 0.3) is 0 Å². The van der Waals surface area contributed by atoms with Crippen molar-refractivity contribution in [2.45, 2.75) is 52.7 Å². The van der Waals surface area contributed by atoms with Crippen molar-refractivity contribution in [2.24, 2.45) is 5.92 Å². The number of rotatable bonds is 6. The molecule has 4 nitrogen and oxygen atoms in total. The number of nitrogens with one attached hydrogen (secondary N) is 1. The minimum Gasteiger partial charge on any atom is -0.459 e. The molecule has 0 rings (SSSR count). The SMILES string of the molecule is CC(C)C(CC=O)NCC(=O)OC(C)(C)C. The number of carbonyl (C=O) groups excluding carboxylic acids is 2. The highest BCUT2D eigenvalue weighted by Crippen LogP contribution is 2.07. The summed E-state index contributed by atoms with van der Waals surface area (Å²) < 4.78 is 5.16. The van der Waals surface area contributed by atoms with E-state index in [-0.39, 0.29) is 18.6 Å². The largest absolute Gasteiger partial charge is 0.459 e. The van der Waals surface area contributed by atoms with Crippen molar-refractivity contribution in [2.75, 3.05) is 6.54 Å². The molecule has 0 saturated heterocycles. The molecule has 0 fully saturated rings. The molecule has 1 atom stereocenters. The molecule has 0 aromatic carbocycles. The van der Waals surface area contributed by atoms with Gasteiger partial charge in [0, 0.05) is 12.5 Å². The molecule has 4 heteroatoms. The first-order valence-corrected chi connectivity index (χ1v) is 5.65. The standard InChI is InChI=1S/C12H23NO3/c1-9(2)10(6-7-14)13-8-11(15)16-12(3,4)5/h7,9-10,13H,6,8H2,1-5H3. The molecule has 0 spiro atoms. The van der Waals surface area contributed by atoms with Crippen LogP contribution in [0.3, 0.4) is 0 Å². The lowest BCUT2D eigenvalue weighted by atomic mass is 10.0. The predicted molar refractivity (Wildman–Crippen MR) is 63.2 cm³/mol. The van der Waals surface area contributed by atoms with Gasteiger partial charge in [0.15, 0.2) is 0 Å². The minimum atomic E-state index is -0.462. The fourth-order valence-corrected chi connectivity index (χ4v) is 1.29. The number of carbonyl (C=O) groups is 2. The van der Waals surface area contributed by atoms with Gasteiger partial charge in [0.25, 0.3) is 0 Å². The summed E-state index contributed by atoms with van der Waals surface area (Å²) in [6.45, 7) is 9.66. The van der Waals surface area contributed by atoms with E-state index in [1.807, 2.05) is 34.6 Å². The van der Waals surface area contributed by atoms with Crippen molar-refractivity contribution >= 4 is 12.3 Å². The average molecular weight is 229 g/mol. The normalized spacial score (nSPS) is 13.6. The second-order valence-corrected chi connectivity index (χ2v) is 5.22. The zero-order valence-corrected chi connectivity index (χ0v) is 10.9. The number of aldehydes is 1. The van der Waals surface area contributed by atoms with Crippen molar-refractivity contribution < 1.29 is 14.3 Å². The fourth-order valence-electron chi connectivity index (χ4n) is 1.29. The molecule has 0 amide bonds. The van der Waals surface area contributed by atoms with E-state index >= 15 is 0 Å². The summed E-state index contributed by atoms with van der Waals surface area (Å²) >= 11 is 0. The van der Waals surface area contributed by atoms with E-state index in [1.165, 1.54) is 0 Å². The van der Waals surface area contributed by atoms with E-state index in [1.54, 1.807) is 0 Å². The molecule has 0 aliphatic carbocycles. The van der Waals surface area contributed by atoms with Crippen LogP contribution in [-0.4, -0.2) is 30.4 Å². The molecule has 16 heavy (non-hydrogen) atoms. The van der Waals surface area contributed by atoms with Crippen LogP contribution in [0.15, 0.2) is 0 Å². The Balaban J connectivity index is 4.01. The van der Waals surface area contributed by atoms with Crippen LogP contribution in [-0.2, 0) is 14.3 Å². The summed E-state index contributed by atoms with van der Waals surface area (Å²) in [5.74, 6) is 0.0247. The Morgan fingerprint density at radius 2 is 1.94 bits per heavy atom. The van der Waals surface area contributed by atoms with Crippen LogP contribution >= 0.6 is 0 Å². The molecular formula is C12H23NO3. The Morgan fingerprint density at radius 3 is 2.31 bits per heavy atom. The maximum atomic E-state index is 11.4. The molecule has 1 N–H and O–H groups in total. The lowest BCUT2D eigenvalue weighted by Gasteiger charge is -2.23. The molecule has 0 heterocycles. The zero-order valence-electron chi connectivity index (χ0n) is 10.9. The van der Waals surface area contributed by atoms with Gasteiger partial charge in [0.05, 0.1) is 6.54 Å². The Hall–Kier alpha value is -0.900. The molecule has 0 radical (unpaired) electrons. The van der Waals surface area contributed by atoms with Crippen LogP contribution in [0.2, 0.25) is 0 Å². The molecule has 0 aromatic rings. The van der Waals surface area contributed by atoms with Gasteiger partial charge >= 0.3 is 5.97 Å². The van der Waals surface area contributed by atoms with E-state index in [9.17, 15) is 9.59 Å². The van der Waals surface area contributed by atoms with Gasteiger partial charge in [-0.3, -0.25) is 4.79 Å². The second kappa shape index (κ2) is 6.63. The smallest absolute Gasteiger partial charge is 0.320 e. The Morgan fingerprint density at radius 1 is 1.38 bits per heavy atom. The van der Waals surface area contributed by atoms with E-state index in [0.29, 0.717) is 12.3 Å². The third-order valence-corrected chi connectivity index (χ3v) is 2.08. The summed E-state index contributed by atoms with van der Waals surface area (Å²) in [5.41, 5.74) is -0.462. The quantitative estimate of drug-likeness (QED) is 0.554. The van der Waals surface area contributed by atoms with Gasteiger partial charge in [0.1, 0.15) is 11.9 Å². The molecule has 94 valence electrons.